The van der Waals surface area contributed by atoms with Gasteiger partial charge in [0.1, 0.15) is 0 Å². The van der Waals surface area contributed by atoms with Crippen LogP contribution in [0.2, 0.25) is 5.02 Å². The van der Waals surface area contributed by atoms with Crippen LogP contribution in [0.15, 0.2) is 18.2 Å². The van der Waals surface area contributed by atoms with Crippen molar-refractivity contribution in [3.8, 4) is 0 Å². The fourth-order valence-corrected chi connectivity index (χ4v) is 3.97. The van der Waals surface area contributed by atoms with Crippen LogP contribution < -0.4 is 5.32 Å². The van der Waals surface area contributed by atoms with Crippen LogP contribution in [0.5, 0.6) is 0 Å². The molecule has 1 atom stereocenters. The number of anilines is 1. The van der Waals surface area contributed by atoms with E-state index in [2.05, 4.69) is 5.32 Å². The van der Waals surface area contributed by atoms with Crippen molar-refractivity contribution in [2.24, 2.45) is 5.92 Å². The number of piperidine rings is 1. The predicted molar refractivity (Wildman–Crippen MR) is 88.8 cm³/mol. The topological polar surface area (TPSA) is 66.5 Å². The number of carbonyl (C=O) groups excluding carboxylic acids is 1. The van der Waals surface area contributed by atoms with Gasteiger partial charge >= 0.3 is 6.18 Å². The number of rotatable bonds is 4. The molecule has 2 rings (SSSR count). The molecule has 1 aromatic rings. The number of nitrogens with zero attached hydrogens (tertiary/aromatic N) is 1. The van der Waals surface area contributed by atoms with Gasteiger partial charge in [0, 0.05) is 13.1 Å². The molecule has 10 heteroatoms. The minimum atomic E-state index is -4.55. The van der Waals surface area contributed by atoms with E-state index >= 15 is 0 Å². The zero-order chi connectivity index (χ0) is 18.8. The van der Waals surface area contributed by atoms with Gasteiger partial charge in [-0.2, -0.15) is 13.2 Å². The highest BCUT2D eigenvalue weighted by Gasteiger charge is 2.33. The molecule has 0 spiro atoms. The minimum Gasteiger partial charge on any atom is -0.324 e. The molecule has 1 aliphatic heterocycles. The normalized spacial score (nSPS) is 19.6. The molecule has 25 heavy (non-hydrogen) atoms. The first kappa shape index (κ1) is 20.0. The Balaban J connectivity index is 2.14. The summed E-state index contributed by atoms with van der Waals surface area (Å²) in [4.78, 5) is 12.4. The van der Waals surface area contributed by atoms with E-state index in [0.29, 0.717) is 19.4 Å². The van der Waals surface area contributed by atoms with Crippen molar-refractivity contribution >= 4 is 33.2 Å². The van der Waals surface area contributed by atoms with Gasteiger partial charge in [-0.15, -0.1) is 0 Å². The van der Waals surface area contributed by atoms with Gasteiger partial charge in [-0.25, -0.2) is 12.7 Å². The minimum absolute atomic E-state index is 0.0125. The maximum atomic E-state index is 12.8. The molecule has 140 valence electrons. The third-order valence-corrected chi connectivity index (χ3v) is 6.24. The number of sulfonamides is 1. The molecule has 0 saturated carbocycles. The SMILES string of the molecule is CCS(=O)(=O)N1CCC[C@@H](C(=O)Nc2cc(C(F)(F)F)ccc2Cl)C1. The summed E-state index contributed by atoms with van der Waals surface area (Å²) >= 11 is 5.86. The molecule has 1 amide bonds. The Bertz CT molecular complexity index is 753. The molecule has 5 nitrogen and oxygen atoms in total. The van der Waals surface area contributed by atoms with Crippen molar-refractivity contribution in [3.05, 3.63) is 28.8 Å². The fourth-order valence-electron chi connectivity index (χ4n) is 2.62. The summed E-state index contributed by atoms with van der Waals surface area (Å²) in [6.07, 6.45) is -3.59. The predicted octanol–water partition coefficient (Wildman–Crippen LogP) is 3.36. The van der Waals surface area contributed by atoms with E-state index < -0.39 is 33.6 Å². The van der Waals surface area contributed by atoms with Crippen molar-refractivity contribution in [1.82, 2.24) is 4.31 Å². The Morgan fingerprint density at radius 2 is 2.08 bits per heavy atom. The monoisotopic (exact) mass is 398 g/mol. The number of benzene rings is 1. The van der Waals surface area contributed by atoms with Gasteiger partial charge in [-0.05, 0) is 38.0 Å². The second-order valence-corrected chi connectivity index (χ2v) is 8.44. The van der Waals surface area contributed by atoms with Gasteiger partial charge in [-0.1, -0.05) is 11.6 Å². The van der Waals surface area contributed by atoms with Gasteiger partial charge in [0.15, 0.2) is 0 Å². The summed E-state index contributed by atoms with van der Waals surface area (Å²) in [5.74, 6) is -1.25. The molecule has 0 bridgehead atoms. The molecule has 1 aliphatic rings. The average molecular weight is 399 g/mol. The molecular weight excluding hydrogens is 381 g/mol. The van der Waals surface area contributed by atoms with Crippen LogP contribution in [0.4, 0.5) is 18.9 Å². The lowest BCUT2D eigenvalue weighted by atomic mass is 9.98. The average Bonchev–Trinajstić information content (AvgIpc) is 2.56. The maximum absolute atomic E-state index is 12.8. The van der Waals surface area contributed by atoms with Crippen molar-refractivity contribution < 1.29 is 26.4 Å². The highest BCUT2D eigenvalue weighted by atomic mass is 35.5. The summed E-state index contributed by atoms with van der Waals surface area (Å²) in [6, 6.07) is 2.66. The zero-order valence-electron chi connectivity index (χ0n) is 13.4. The third kappa shape index (κ3) is 4.86. The molecular formula is C15H18ClF3N2O3S. The van der Waals surface area contributed by atoms with E-state index in [9.17, 15) is 26.4 Å². The number of hydrogen-bond donors (Lipinski definition) is 1. The Kier molecular flexibility index (Phi) is 6.01. The standard InChI is InChI=1S/C15H18ClF3N2O3S/c1-2-25(23,24)21-7-3-4-10(9-21)14(22)20-13-8-11(15(17,18)19)5-6-12(13)16/h5-6,8,10H,2-4,7,9H2,1H3,(H,20,22)/t10-/m1/s1. The van der Waals surface area contributed by atoms with Crippen molar-refractivity contribution in [2.75, 3.05) is 24.2 Å². The molecule has 1 saturated heterocycles. The number of carbonyl (C=O) groups is 1. The van der Waals surface area contributed by atoms with Crippen LogP contribution in [0.1, 0.15) is 25.3 Å². The van der Waals surface area contributed by atoms with Crippen LogP contribution in [0.3, 0.4) is 0 Å². The Labute approximate surface area is 149 Å². The first-order chi connectivity index (χ1) is 11.5. The highest BCUT2D eigenvalue weighted by molar-refractivity contribution is 7.89. The largest absolute Gasteiger partial charge is 0.416 e. The van der Waals surface area contributed by atoms with Crippen molar-refractivity contribution in [3.63, 3.8) is 0 Å². The first-order valence-electron chi connectivity index (χ1n) is 7.70. The summed E-state index contributed by atoms with van der Waals surface area (Å²) < 4.78 is 63.5. The summed E-state index contributed by atoms with van der Waals surface area (Å²) in [7, 11) is -3.42. The summed E-state index contributed by atoms with van der Waals surface area (Å²) in [5.41, 5.74) is -1.07. The summed E-state index contributed by atoms with van der Waals surface area (Å²) in [6.45, 7) is 1.87. The lowest BCUT2D eigenvalue weighted by Crippen LogP contribution is -2.44. The smallest absolute Gasteiger partial charge is 0.324 e. The quantitative estimate of drug-likeness (QED) is 0.845. The van der Waals surface area contributed by atoms with Gasteiger partial charge in [0.2, 0.25) is 15.9 Å². The Morgan fingerprint density at radius 3 is 2.68 bits per heavy atom. The van der Waals surface area contributed by atoms with Gasteiger partial charge in [-0.3, -0.25) is 4.79 Å². The Hall–Kier alpha value is -1.32. The van der Waals surface area contributed by atoms with Crippen LogP contribution in [-0.4, -0.2) is 37.5 Å². The van der Waals surface area contributed by atoms with Crippen LogP contribution in [-0.2, 0) is 21.0 Å². The molecule has 1 aromatic carbocycles. The highest BCUT2D eigenvalue weighted by Crippen LogP contribution is 2.34. The lowest BCUT2D eigenvalue weighted by Gasteiger charge is -2.31. The van der Waals surface area contributed by atoms with Crippen molar-refractivity contribution in [2.45, 2.75) is 25.9 Å². The van der Waals surface area contributed by atoms with Gasteiger partial charge in [0.05, 0.1) is 27.9 Å². The number of amides is 1. The van der Waals surface area contributed by atoms with Crippen molar-refractivity contribution in [1.29, 1.82) is 0 Å². The summed E-state index contributed by atoms with van der Waals surface area (Å²) in [5, 5.41) is 2.37. The maximum Gasteiger partial charge on any atom is 0.416 e. The van der Waals surface area contributed by atoms with E-state index in [1.54, 1.807) is 0 Å². The molecule has 1 fully saturated rings. The number of nitrogens with one attached hydrogen (secondary N) is 1. The van der Waals surface area contributed by atoms with Crippen LogP contribution in [0, 0.1) is 5.92 Å². The molecule has 0 aromatic heterocycles. The Morgan fingerprint density at radius 1 is 1.40 bits per heavy atom. The molecule has 0 aliphatic carbocycles. The van der Waals surface area contributed by atoms with Crippen LogP contribution in [0.25, 0.3) is 0 Å². The van der Waals surface area contributed by atoms with E-state index in [1.807, 2.05) is 0 Å². The first-order valence-corrected chi connectivity index (χ1v) is 9.68. The number of halogens is 4. The molecule has 0 unspecified atom stereocenters. The second kappa shape index (κ2) is 7.51. The number of hydrogen-bond acceptors (Lipinski definition) is 3. The van der Waals surface area contributed by atoms with Gasteiger partial charge in [0.25, 0.3) is 0 Å². The van der Waals surface area contributed by atoms with E-state index in [4.69, 9.17) is 11.6 Å². The van der Waals surface area contributed by atoms with E-state index in [-0.39, 0.29) is 23.0 Å². The van der Waals surface area contributed by atoms with Crippen LogP contribution >= 0.6 is 11.6 Å². The molecule has 1 heterocycles. The number of alkyl halides is 3. The molecule has 0 radical (unpaired) electrons. The fraction of sp³-hybridized carbons (Fsp3) is 0.533. The van der Waals surface area contributed by atoms with E-state index in [0.717, 1.165) is 18.2 Å². The molecule has 1 N–H and O–H groups in total. The zero-order valence-corrected chi connectivity index (χ0v) is 15.0. The van der Waals surface area contributed by atoms with E-state index in [1.165, 1.54) is 11.2 Å². The second-order valence-electron chi connectivity index (χ2n) is 5.78. The third-order valence-electron chi connectivity index (χ3n) is 4.06. The van der Waals surface area contributed by atoms with Gasteiger partial charge < -0.3 is 5.32 Å². The lowest BCUT2D eigenvalue weighted by molar-refractivity contribution is -0.137.